The molecule has 2 aromatic carbocycles. The molecule has 0 spiro atoms. The fourth-order valence-corrected chi connectivity index (χ4v) is 3.47. The Morgan fingerprint density at radius 1 is 1.10 bits per heavy atom. The van der Waals surface area contributed by atoms with Crippen LogP contribution in [0.3, 0.4) is 0 Å². The van der Waals surface area contributed by atoms with Gasteiger partial charge in [-0.3, -0.25) is 19.1 Å². The molecule has 9 nitrogen and oxygen atoms in total. The summed E-state index contributed by atoms with van der Waals surface area (Å²) in [4.78, 5) is 43.3. The number of nitrogens with one attached hydrogen (secondary N) is 2. The van der Waals surface area contributed by atoms with Gasteiger partial charge < -0.3 is 14.6 Å². The molecule has 1 atom stereocenters. The predicted molar refractivity (Wildman–Crippen MR) is 115 cm³/mol. The quantitative estimate of drug-likeness (QED) is 0.490. The third-order valence-corrected chi connectivity index (χ3v) is 5.08. The van der Waals surface area contributed by atoms with E-state index in [1.165, 1.54) is 22.5 Å². The molecule has 158 valence electrons. The van der Waals surface area contributed by atoms with Gasteiger partial charge >= 0.3 is 5.69 Å². The average molecular weight is 419 g/mol. The summed E-state index contributed by atoms with van der Waals surface area (Å²) in [6, 6.07) is 16.6. The molecule has 9 heteroatoms. The smallest absolute Gasteiger partial charge is 0.329 e. The number of aryl methyl sites for hydroxylation is 1. The van der Waals surface area contributed by atoms with Crippen LogP contribution < -0.4 is 21.3 Å². The molecule has 2 heterocycles. The van der Waals surface area contributed by atoms with Crippen LogP contribution in [0, 0.1) is 0 Å². The maximum absolute atomic E-state index is 12.9. The SMILES string of the molecule is COc1ccc([C@@H](NC(=O)Cn2cnc3c2c(=O)[nH]c(=O)n3C)c2ccccc2)cc1. The molecular weight excluding hydrogens is 398 g/mol. The van der Waals surface area contributed by atoms with Crippen molar-refractivity contribution in [3.8, 4) is 5.75 Å². The molecule has 0 bridgehead atoms. The van der Waals surface area contributed by atoms with E-state index in [9.17, 15) is 14.4 Å². The number of H-pyrrole nitrogens is 1. The highest BCUT2D eigenvalue weighted by atomic mass is 16.5. The van der Waals surface area contributed by atoms with Gasteiger partial charge in [-0.05, 0) is 23.3 Å². The summed E-state index contributed by atoms with van der Waals surface area (Å²) in [6.07, 6.45) is 1.38. The summed E-state index contributed by atoms with van der Waals surface area (Å²) in [6.45, 7) is -0.128. The number of ether oxygens (including phenoxy) is 1. The highest BCUT2D eigenvalue weighted by Gasteiger charge is 2.19. The molecule has 0 aliphatic heterocycles. The Balaban J connectivity index is 1.64. The first-order valence-corrected chi connectivity index (χ1v) is 9.60. The highest BCUT2D eigenvalue weighted by Crippen LogP contribution is 2.24. The molecule has 0 radical (unpaired) electrons. The number of nitrogens with zero attached hydrogens (tertiary/aromatic N) is 3. The minimum absolute atomic E-state index is 0.128. The first kappa shape index (κ1) is 20.1. The molecule has 2 N–H and O–H groups in total. The van der Waals surface area contributed by atoms with Gasteiger partial charge in [-0.25, -0.2) is 9.78 Å². The van der Waals surface area contributed by atoms with Crippen LogP contribution in [-0.2, 0) is 18.4 Å². The van der Waals surface area contributed by atoms with Gasteiger partial charge in [0, 0.05) is 7.05 Å². The van der Waals surface area contributed by atoms with Crippen molar-refractivity contribution in [2.45, 2.75) is 12.6 Å². The second-order valence-electron chi connectivity index (χ2n) is 7.05. The van der Waals surface area contributed by atoms with Gasteiger partial charge in [0.25, 0.3) is 5.56 Å². The van der Waals surface area contributed by atoms with Gasteiger partial charge in [0.2, 0.25) is 5.91 Å². The third-order valence-electron chi connectivity index (χ3n) is 5.08. The van der Waals surface area contributed by atoms with Crippen molar-refractivity contribution in [3.05, 3.63) is 92.9 Å². The van der Waals surface area contributed by atoms with E-state index in [-0.39, 0.29) is 23.6 Å². The molecule has 0 unspecified atom stereocenters. The molecule has 31 heavy (non-hydrogen) atoms. The Labute approximate surface area is 176 Å². The monoisotopic (exact) mass is 419 g/mol. The van der Waals surface area contributed by atoms with Gasteiger partial charge in [-0.1, -0.05) is 42.5 Å². The average Bonchev–Trinajstić information content (AvgIpc) is 3.21. The summed E-state index contributed by atoms with van der Waals surface area (Å²) in [5, 5.41) is 3.03. The molecule has 0 fully saturated rings. The second-order valence-corrected chi connectivity index (χ2v) is 7.05. The number of aromatic nitrogens is 4. The lowest BCUT2D eigenvalue weighted by molar-refractivity contribution is -0.122. The number of aromatic amines is 1. The zero-order valence-electron chi connectivity index (χ0n) is 17.0. The molecule has 0 aliphatic carbocycles. The van der Waals surface area contributed by atoms with Crippen LogP contribution in [0.5, 0.6) is 5.75 Å². The number of fused-ring (bicyclic) bond motifs is 1. The zero-order chi connectivity index (χ0) is 22.0. The molecular formula is C22H21N5O4. The molecule has 4 aromatic rings. The van der Waals surface area contributed by atoms with Gasteiger partial charge in [0.1, 0.15) is 12.3 Å². The Kier molecular flexibility index (Phi) is 5.40. The summed E-state index contributed by atoms with van der Waals surface area (Å²) in [5.41, 5.74) is 1.04. The van der Waals surface area contributed by atoms with Crippen molar-refractivity contribution < 1.29 is 9.53 Å². The van der Waals surface area contributed by atoms with Crippen molar-refractivity contribution >= 4 is 17.1 Å². The van der Waals surface area contributed by atoms with E-state index in [0.29, 0.717) is 0 Å². The normalized spacial score (nSPS) is 11.9. The number of hydrogen-bond acceptors (Lipinski definition) is 5. The van der Waals surface area contributed by atoms with Gasteiger partial charge in [0.05, 0.1) is 19.5 Å². The number of rotatable bonds is 6. The first-order valence-electron chi connectivity index (χ1n) is 9.60. The van der Waals surface area contributed by atoms with Gasteiger partial charge in [-0.2, -0.15) is 0 Å². The van der Waals surface area contributed by atoms with E-state index in [2.05, 4.69) is 15.3 Å². The minimum atomic E-state index is -0.585. The van der Waals surface area contributed by atoms with Crippen molar-refractivity contribution in [2.24, 2.45) is 7.05 Å². The summed E-state index contributed by atoms with van der Waals surface area (Å²) >= 11 is 0. The zero-order valence-corrected chi connectivity index (χ0v) is 17.0. The summed E-state index contributed by atoms with van der Waals surface area (Å²) in [5.74, 6) is 0.411. The molecule has 0 aliphatic rings. The van der Waals surface area contributed by atoms with Crippen molar-refractivity contribution in [2.75, 3.05) is 7.11 Å². The number of hydrogen-bond donors (Lipinski definition) is 2. The number of carbonyl (C=O) groups excluding carboxylic acids is 1. The number of methoxy groups -OCH3 is 1. The fraction of sp³-hybridized carbons (Fsp3) is 0.182. The Bertz CT molecular complexity index is 1340. The third kappa shape index (κ3) is 3.97. The number of carbonyl (C=O) groups is 1. The lowest BCUT2D eigenvalue weighted by Crippen LogP contribution is -2.33. The van der Waals surface area contributed by atoms with Crippen LogP contribution in [0.15, 0.2) is 70.5 Å². The fourth-order valence-electron chi connectivity index (χ4n) is 3.47. The molecule has 4 rings (SSSR count). The van der Waals surface area contributed by atoms with Gasteiger partial charge in [-0.15, -0.1) is 0 Å². The van der Waals surface area contributed by atoms with E-state index in [1.54, 1.807) is 7.11 Å². The standard InChI is InChI=1S/C22H21N5O4/c1-26-20-19(21(29)25-22(26)30)27(13-23-20)12-17(28)24-18(14-6-4-3-5-7-14)15-8-10-16(31-2)11-9-15/h3-11,13,18H,12H2,1-2H3,(H,24,28)(H,25,29,30)/t18-/m0/s1. The second kappa shape index (κ2) is 8.31. The molecule has 2 aromatic heterocycles. The van der Waals surface area contributed by atoms with Gasteiger partial charge in [0.15, 0.2) is 11.2 Å². The lowest BCUT2D eigenvalue weighted by Gasteiger charge is -2.20. The maximum atomic E-state index is 12.9. The van der Waals surface area contributed by atoms with E-state index >= 15 is 0 Å². The van der Waals surface area contributed by atoms with Crippen LogP contribution in [0.2, 0.25) is 0 Å². The Morgan fingerprint density at radius 3 is 2.45 bits per heavy atom. The van der Waals surface area contributed by atoms with Crippen LogP contribution in [0.4, 0.5) is 0 Å². The van der Waals surface area contributed by atoms with Crippen LogP contribution in [0.1, 0.15) is 17.2 Å². The number of imidazole rings is 1. The van der Waals surface area contributed by atoms with E-state index in [0.717, 1.165) is 16.9 Å². The van der Waals surface area contributed by atoms with E-state index in [4.69, 9.17) is 4.74 Å². The number of benzene rings is 2. The topological polar surface area (TPSA) is 111 Å². The van der Waals surface area contributed by atoms with Crippen molar-refractivity contribution in [1.82, 2.24) is 24.4 Å². The van der Waals surface area contributed by atoms with Crippen molar-refractivity contribution in [3.63, 3.8) is 0 Å². The Morgan fingerprint density at radius 2 is 1.77 bits per heavy atom. The van der Waals surface area contributed by atoms with Crippen molar-refractivity contribution in [1.29, 1.82) is 0 Å². The summed E-state index contributed by atoms with van der Waals surface area (Å²) in [7, 11) is 3.10. The molecule has 0 saturated carbocycles. The molecule has 0 saturated heterocycles. The maximum Gasteiger partial charge on any atom is 0.329 e. The predicted octanol–water partition coefficient (Wildman–Crippen LogP) is 1.34. The Hall–Kier alpha value is -4.14. The van der Waals surface area contributed by atoms with Crippen LogP contribution in [0.25, 0.3) is 11.2 Å². The number of amides is 1. The largest absolute Gasteiger partial charge is 0.497 e. The van der Waals surface area contributed by atoms with E-state index < -0.39 is 17.3 Å². The summed E-state index contributed by atoms with van der Waals surface area (Å²) < 4.78 is 7.88. The highest BCUT2D eigenvalue weighted by molar-refractivity contribution is 5.79. The minimum Gasteiger partial charge on any atom is -0.497 e. The van der Waals surface area contributed by atoms with Crippen LogP contribution >= 0.6 is 0 Å². The lowest BCUT2D eigenvalue weighted by atomic mass is 9.98. The van der Waals surface area contributed by atoms with Crippen LogP contribution in [-0.4, -0.2) is 32.1 Å². The molecule has 1 amide bonds. The first-order chi connectivity index (χ1) is 15.0. The van der Waals surface area contributed by atoms with E-state index in [1.807, 2.05) is 54.6 Å².